The van der Waals surface area contributed by atoms with E-state index in [1.807, 2.05) is 0 Å². The highest BCUT2D eigenvalue weighted by Gasteiger charge is 2.31. The monoisotopic (exact) mass is 921 g/mol. The molecule has 0 rings (SSSR count). The lowest BCUT2D eigenvalue weighted by Gasteiger charge is -2.35. The van der Waals surface area contributed by atoms with Crippen LogP contribution in [0.2, 0.25) is 0 Å². The van der Waals surface area contributed by atoms with Crippen LogP contribution in [0.3, 0.4) is 0 Å². The molecule has 3 nitrogen and oxygen atoms in total. The lowest BCUT2D eigenvalue weighted by atomic mass is 9.71. The highest BCUT2D eigenvalue weighted by molar-refractivity contribution is 7.80. The Morgan fingerprint density at radius 2 is 0.531 bits per heavy atom. The normalized spacial score (nSPS) is 12.4. The summed E-state index contributed by atoms with van der Waals surface area (Å²) in [5.41, 5.74) is 0.212. The molecule has 1 atom stereocenters. The molecule has 1 unspecified atom stereocenters. The number of thiocarbonyl (C=S) groups is 1. The van der Waals surface area contributed by atoms with E-state index in [4.69, 9.17) is 17.0 Å². The molecule has 0 amide bonds. The zero-order chi connectivity index (χ0) is 46.5. The third kappa shape index (κ3) is 48.3. The Kier molecular flexibility index (Phi) is 53.6. The van der Waals surface area contributed by atoms with E-state index in [-0.39, 0.29) is 18.6 Å². The van der Waals surface area contributed by atoms with Crippen LogP contribution in [-0.4, -0.2) is 34.6 Å². The quantitative estimate of drug-likeness (QED) is 0.0471. The summed E-state index contributed by atoms with van der Waals surface area (Å²) in [5.74, 6) is 0. The minimum absolute atomic E-state index is 0.114. The van der Waals surface area contributed by atoms with Crippen LogP contribution < -0.4 is 0 Å². The van der Waals surface area contributed by atoms with Crippen LogP contribution in [0.25, 0.3) is 0 Å². The van der Waals surface area contributed by atoms with Crippen LogP contribution >= 0.6 is 12.2 Å². The zero-order valence-corrected chi connectivity index (χ0v) is 45.3. The fraction of sp³-hybridized carbons (Fsp3) is 0.983. The van der Waals surface area contributed by atoms with Crippen LogP contribution in [0, 0.1) is 5.41 Å². The van der Waals surface area contributed by atoms with Gasteiger partial charge in [-0.3, -0.25) is 0 Å². The molecule has 64 heavy (non-hydrogen) atoms. The first-order chi connectivity index (χ1) is 31.5. The Balaban J connectivity index is 4.84. The maximum absolute atomic E-state index is 10.0. The molecule has 0 saturated heterocycles. The van der Waals surface area contributed by atoms with Gasteiger partial charge in [-0.2, -0.15) is 0 Å². The molecule has 0 saturated carbocycles. The summed E-state index contributed by atoms with van der Waals surface area (Å²) in [5, 5.41) is 20.1. The first kappa shape index (κ1) is 63.8. The van der Waals surface area contributed by atoms with Gasteiger partial charge in [0, 0.05) is 6.42 Å². The molecule has 4 heteroatoms. The molecule has 0 aliphatic carbocycles. The number of aliphatic hydroxyl groups excluding tert-OH is 2. The molecule has 0 aromatic rings. The molecule has 384 valence electrons. The zero-order valence-electron chi connectivity index (χ0n) is 44.5. The summed E-state index contributed by atoms with van der Waals surface area (Å²) in [7, 11) is 0. The van der Waals surface area contributed by atoms with E-state index in [9.17, 15) is 10.2 Å². The average molecular weight is 922 g/mol. The SMILES string of the molecule is CCCCCCCCCCCCCCCCCCC(CCCCCCCCCCCCCCCCCC)(CCCCCCCCCCCCCCCCCC)CC(=S)OCC(O)CO. The van der Waals surface area contributed by atoms with Crippen molar-refractivity contribution in [3.05, 3.63) is 0 Å². The number of rotatable bonds is 56. The van der Waals surface area contributed by atoms with Gasteiger partial charge in [0.2, 0.25) is 0 Å². The smallest absolute Gasteiger partial charge is 0.160 e. The van der Waals surface area contributed by atoms with Gasteiger partial charge in [-0.1, -0.05) is 329 Å². The summed E-state index contributed by atoms with van der Waals surface area (Å²) in [4.78, 5) is 0. The van der Waals surface area contributed by atoms with E-state index in [1.54, 1.807) is 0 Å². The largest absolute Gasteiger partial charge is 0.484 e. The lowest BCUT2D eigenvalue weighted by Crippen LogP contribution is -2.28. The van der Waals surface area contributed by atoms with Gasteiger partial charge < -0.3 is 14.9 Å². The van der Waals surface area contributed by atoms with Gasteiger partial charge in [-0.05, 0) is 36.9 Å². The number of unbranched alkanes of at least 4 members (excludes halogenated alkanes) is 45. The predicted molar refractivity (Wildman–Crippen MR) is 291 cm³/mol. The standard InChI is InChI=1S/C60H120O3S/c1-4-7-10-13-16-19-22-25-28-31-34-37-40-43-46-49-52-60(55-59(64)63-57-58(62)56-61,53-50-47-44-41-38-35-32-29-26-23-20-17-14-11-8-5-2)54-51-48-45-42-39-36-33-30-27-24-21-18-15-12-9-6-3/h58,61-62H,4-57H2,1-3H3. The fourth-order valence-corrected chi connectivity index (χ4v) is 10.8. The van der Waals surface area contributed by atoms with Crippen LogP contribution in [0.15, 0.2) is 0 Å². The van der Waals surface area contributed by atoms with E-state index in [0.29, 0.717) is 5.05 Å². The van der Waals surface area contributed by atoms with Gasteiger partial charge >= 0.3 is 0 Å². The average Bonchev–Trinajstić information content (AvgIpc) is 3.30. The van der Waals surface area contributed by atoms with E-state index in [1.165, 1.54) is 327 Å². The van der Waals surface area contributed by atoms with Gasteiger partial charge in [-0.25, -0.2) is 0 Å². The van der Waals surface area contributed by atoms with Crippen molar-refractivity contribution < 1.29 is 14.9 Å². The Morgan fingerprint density at radius 1 is 0.344 bits per heavy atom. The number of aliphatic hydroxyl groups is 2. The van der Waals surface area contributed by atoms with Crippen molar-refractivity contribution in [3.8, 4) is 0 Å². The molecule has 0 aromatic carbocycles. The summed E-state index contributed by atoms with van der Waals surface area (Å²) in [6, 6.07) is 0. The maximum atomic E-state index is 10.0. The predicted octanol–water partition coefficient (Wildman–Crippen LogP) is 21.0. The molecular formula is C60H120O3S. The van der Waals surface area contributed by atoms with Crippen molar-refractivity contribution in [2.24, 2.45) is 5.41 Å². The van der Waals surface area contributed by atoms with Crippen LogP contribution in [-0.2, 0) is 4.74 Å². The summed E-state index contributed by atoms with van der Waals surface area (Å²) in [6.45, 7) is 6.76. The number of hydrogen-bond acceptors (Lipinski definition) is 4. The molecule has 0 aliphatic heterocycles. The highest BCUT2D eigenvalue weighted by Crippen LogP contribution is 2.41. The Labute approximate surface area is 409 Å². The van der Waals surface area contributed by atoms with Gasteiger partial charge in [-0.15, -0.1) is 0 Å². The summed E-state index contributed by atoms with van der Waals surface area (Å²) >= 11 is 5.90. The van der Waals surface area contributed by atoms with E-state index >= 15 is 0 Å². The Morgan fingerprint density at radius 3 is 0.719 bits per heavy atom. The third-order valence-corrected chi connectivity index (χ3v) is 15.1. The minimum atomic E-state index is -0.853. The third-order valence-electron chi connectivity index (χ3n) is 14.8. The van der Waals surface area contributed by atoms with Crippen molar-refractivity contribution in [1.29, 1.82) is 0 Å². The molecule has 0 aliphatic rings. The van der Waals surface area contributed by atoms with Crippen molar-refractivity contribution in [2.45, 2.75) is 361 Å². The first-order valence-electron chi connectivity index (χ1n) is 30.0. The van der Waals surface area contributed by atoms with Crippen LogP contribution in [0.4, 0.5) is 0 Å². The van der Waals surface area contributed by atoms with Crippen molar-refractivity contribution in [2.75, 3.05) is 13.2 Å². The summed E-state index contributed by atoms with van der Waals surface area (Å²) < 4.78 is 5.97. The molecule has 2 N–H and O–H groups in total. The molecule has 0 aromatic heterocycles. The van der Waals surface area contributed by atoms with Crippen molar-refractivity contribution in [3.63, 3.8) is 0 Å². The maximum Gasteiger partial charge on any atom is 0.160 e. The topological polar surface area (TPSA) is 49.7 Å². The molecule has 0 bridgehead atoms. The Bertz CT molecular complexity index is 789. The first-order valence-corrected chi connectivity index (χ1v) is 30.4. The molecule has 0 spiro atoms. The second-order valence-electron chi connectivity index (χ2n) is 21.4. The second-order valence-corrected chi connectivity index (χ2v) is 21.8. The Hall–Kier alpha value is -0.190. The van der Waals surface area contributed by atoms with Crippen molar-refractivity contribution in [1.82, 2.24) is 0 Å². The highest BCUT2D eigenvalue weighted by atomic mass is 32.1. The summed E-state index contributed by atoms with van der Waals surface area (Å²) in [6.07, 6.45) is 71.4. The molecule has 0 fully saturated rings. The van der Waals surface area contributed by atoms with E-state index < -0.39 is 6.10 Å². The van der Waals surface area contributed by atoms with E-state index in [2.05, 4.69) is 20.8 Å². The lowest BCUT2D eigenvalue weighted by molar-refractivity contribution is 0.0477. The number of hydrogen-bond donors (Lipinski definition) is 2. The minimum Gasteiger partial charge on any atom is -0.484 e. The molecular weight excluding hydrogens is 801 g/mol. The van der Waals surface area contributed by atoms with Crippen molar-refractivity contribution >= 4 is 17.3 Å². The van der Waals surface area contributed by atoms with Crippen LogP contribution in [0.1, 0.15) is 355 Å². The van der Waals surface area contributed by atoms with Gasteiger partial charge in [0.1, 0.15) is 12.7 Å². The van der Waals surface area contributed by atoms with Gasteiger partial charge in [0.25, 0.3) is 0 Å². The van der Waals surface area contributed by atoms with Gasteiger partial charge in [0.05, 0.1) is 6.61 Å². The molecule has 0 radical (unpaired) electrons. The fourth-order valence-electron chi connectivity index (χ4n) is 10.4. The second kappa shape index (κ2) is 53.8. The van der Waals surface area contributed by atoms with Gasteiger partial charge in [0.15, 0.2) is 5.05 Å². The molecule has 0 heterocycles. The number of ether oxygens (including phenoxy) is 1. The van der Waals surface area contributed by atoms with Crippen LogP contribution in [0.5, 0.6) is 0 Å². The van der Waals surface area contributed by atoms with E-state index in [0.717, 1.165) is 6.42 Å².